The minimum atomic E-state index is -0.370. The van der Waals surface area contributed by atoms with Crippen molar-refractivity contribution in [1.82, 2.24) is 15.3 Å². The Kier molecular flexibility index (Phi) is 6.19. The van der Waals surface area contributed by atoms with Crippen molar-refractivity contribution in [3.05, 3.63) is 45.2 Å². The number of benzene rings is 1. The van der Waals surface area contributed by atoms with Gasteiger partial charge < -0.3 is 4.74 Å². The van der Waals surface area contributed by atoms with Crippen LogP contribution >= 0.6 is 23.2 Å². The summed E-state index contributed by atoms with van der Waals surface area (Å²) in [4.78, 5) is 17.6. The quantitative estimate of drug-likeness (QED) is 0.776. The van der Waals surface area contributed by atoms with Crippen LogP contribution in [0.3, 0.4) is 0 Å². The number of nitrogens with one attached hydrogen (secondary N) is 1. The van der Waals surface area contributed by atoms with Crippen LogP contribution in [0.1, 0.15) is 36.2 Å². The van der Waals surface area contributed by atoms with Gasteiger partial charge in [-0.1, -0.05) is 23.2 Å². The van der Waals surface area contributed by atoms with Gasteiger partial charge in [0.05, 0.1) is 22.8 Å². The number of amides is 1. The molecule has 6 nitrogen and oxygen atoms in total. The van der Waals surface area contributed by atoms with Gasteiger partial charge in [-0.3, -0.25) is 4.79 Å². The first kappa shape index (κ1) is 19.2. The van der Waals surface area contributed by atoms with Gasteiger partial charge in [0.25, 0.3) is 0 Å². The lowest BCUT2D eigenvalue weighted by atomic mass is 10.1. The van der Waals surface area contributed by atoms with E-state index < -0.39 is 0 Å². The van der Waals surface area contributed by atoms with Crippen molar-refractivity contribution >= 4 is 29.1 Å². The second-order valence-corrected chi connectivity index (χ2v) is 7.12. The second kappa shape index (κ2) is 8.39. The highest BCUT2D eigenvalue weighted by molar-refractivity contribution is 6.35. The Morgan fingerprint density at radius 3 is 2.88 bits per heavy atom. The SMILES string of the molecule is Cc1nn(-c2ccc(Cl)cc2Cl)c(C)c1CC(=O)NO[C@@H]1CCCCO1. The fourth-order valence-corrected chi connectivity index (χ4v) is 3.44. The molecule has 0 unspecified atom stereocenters. The molecule has 1 amide bonds. The van der Waals surface area contributed by atoms with E-state index in [9.17, 15) is 4.79 Å². The Morgan fingerprint density at radius 1 is 1.38 bits per heavy atom. The summed E-state index contributed by atoms with van der Waals surface area (Å²) in [5.41, 5.74) is 5.64. The molecule has 8 heteroatoms. The molecule has 140 valence electrons. The van der Waals surface area contributed by atoms with E-state index in [2.05, 4.69) is 10.6 Å². The predicted molar refractivity (Wildman–Crippen MR) is 99.6 cm³/mol. The summed E-state index contributed by atoms with van der Waals surface area (Å²) in [6.07, 6.45) is 2.64. The van der Waals surface area contributed by atoms with Crippen LogP contribution in [0.2, 0.25) is 10.0 Å². The maximum atomic E-state index is 12.2. The average Bonchev–Trinajstić information content (AvgIpc) is 2.89. The topological polar surface area (TPSA) is 65.4 Å². The first-order valence-corrected chi connectivity index (χ1v) is 9.28. The third-order valence-corrected chi connectivity index (χ3v) is 4.90. The van der Waals surface area contributed by atoms with Crippen molar-refractivity contribution in [3.63, 3.8) is 0 Å². The zero-order valence-corrected chi connectivity index (χ0v) is 16.2. The van der Waals surface area contributed by atoms with E-state index in [0.717, 1.165) is 41.9 Å². The molecule has 1 fully saturated rings. The first-order valence-electron chi connectivity index (χ1n) is 8.52. The minimum absolute atomic E-state index is 0.162. The van der Waals surface area contributed by atoms with Crippen molar-refractivity contribution < 1.29 is 14.4 Å². The minimum Gasteiger partial charge on any atom is -0.350 e. The van der Waals surface area contributed by atoms with Gasteiger partial charge in [0.2, 0.25) is 5.91 Å². The van der Waals surface area contributed by atoms with E-state index in [4.69, 9.17) is 32.8 Å². The van der Waals surface area contributed by atoms with Crippen LogP contribution < -0.4 is 5.48 Å². The van der Waals surface area contributed by atoms with Gasteiger partial charge in [-0.25, -0.2) is 15.0 Å². The number of hydrogen-bond donors (Lipinski definition) is 1. The Labute approximate surface area is 162 Å². The molecule has 1 aromatic carbocycles. The fraction of sp³-hybridized carbons (Fsp3) is 0.444. The zero-order valence-electron chi connectivity index (χ0n) is 14.7. The molecule has 0 saturated carbocycles. The van der Waals surface area contributed by atoms with Gasteiger partial charge in [0.15, 0.2) is 6.29 Å². The number of aromatic nitrogens is 2. The lowest BCUT2D eigenvalue weighted by Crippen LogP contribution is -2.34. The van der Waals surface area contributed by atoms with Crippen LogP contribution in [-0.2, 0) is 20.8 Å². The standard InChI is InChI=1S/C18H21Cl2N3O3/c1-11-14(10-17(24)22-26-18-5-3-4-8-25-18)12(2)23(21-11)16-7-6-13(19)9-15(16)20/h6-7,9,18H,3-5,8,10H2,1-2H3,(H,22,24)/t18-/m1/s1. The normalized spacial score (nSPS) is 17.3. The number of nitrogens with zero attached hydrogens (tertiary/aromatic N) is 2. The Bertz CT molecular complexity index is 801. The molecular weight excluding hydrogens is 377 g/mol. The molecule has 3 rings (SSSR count). The Balaban J connectivity index is 1.70. The van der Waals surface area contributed by atoms with Crippen LogP contribution in [0.4, 0.5) is 0 Å². The third kappa shape index (κ3) is 4.38. The summed E-state index contributed by atoms with van der Waals surface area (Å²) >= 11 is 12.2. The first-order chi connectivity index (χ1) is 12.5. The van der Waals surface area contributed by atoms with Crippen LogP contribution in [0.5, 0.6) is 0 Å². The second-order valence-electron chi connectivity index (χ2n) is 6.27. The highest BCUT2D eigenvalue weighted by Gasteiger charge is 2.19. The maximum Gasteiger partial charge on any atom is 0.248 e. The Hall–Kier alpha value is -1.60. The highest BCUT2D eigenvalue weighted by Crippen LogP contribution is 2.27. The smallest absolute Gasteiger partial charge is 0.248 e. The van der Waals surface area contributed by atoms with Crippen LogP contribution in [0, 0.1) is 13.8 Å². The maximum absolute atomic E-state index is 12.2. The van der Waals surface area contributed by atoms with Crippen LogP contribution in [0.25, 0.3) is 5.69 Å². The number of halogens is 2. The summed E-state index contributed by atoms with van der Waals surface area (Å²) in [5, 5.41) is 5.57. The van der Waals surface area contributed by atoms with Gasteiger partial charge in [-0.2, -0.15) is 5.10 Å². The summed E-state index contributed by atoms with van der Waals surface area (Å²) in [6.45, 7) is 4.42. The molecule has 0 spiro atoms. The molecule has 0 bridgehead atoms. The van der Waals surface area contributed by atoms with Gasteiger partial charge >= 0.3 is 0 Å². The predicted octanol–water partition coefficient (Wildman–Crippen LogP) is 3.91. The molecule has 1 saturated heterocycles. The molecule has 1 aliphatic rings. The molecule has 1 aliphatic heterocycles. The molecule has 1 N–H and O–H groups in total. The molecule has 2 aromatic rings. The molecular formula is C18H21Cl2N3O3. The summed E-state index contributed by atoms with van der Waals surface area (Å²) in [5.74, 6) is -0.243. The lowest BCUT2D eigenvalue weighted by Gasteiger charge is -2.22. The summed E-state index contributed by atoms with van der Waals surface area (Å²) < 4.78 is 7.16. The molecule has 0 aliphatic carbocycles. The van der Waals surface area contributed by atoms with Crippen molar-refractivity contribution in [2.75, 3.05) is 6.61 Å². The number of hydroxylamine groups is 1. The van der Waals surface area contributed by atoms with Gasteiger partial charge in [0, 0.05) is 29.3 Å². The zero-order chi connectivity index (χ0) is 18.7. The number of ether oxygens (including phenoxy) is 1. The fourth-order valence-electron chi connectivity index (χ4n) is 2.95. The Morgan fingerprint density at radius 2 is 2.19 bits per heavy atom. The van der Waals surface area contributed by atoms with Gasteiger partial charge in [0.1, 0.15) is 0 Å². The van der Waals surface area contributed by atoms with Crippen molar-refractivity contribution in [1.29, 1.82) is 0 Å². The lowest BCUT2D eigenvalue weighted by molar-refractivity contribution is -0.200. The van der Waals surface area contributed by atoms with E-state index in [-0.39, 0.29) is 18.6 Å². The van der Waals surface area contributed by atoms with E-state index in [0.29, 0.717) is 16.7 Å². The largest absolute Gasteiger partial charge is 0.350 e. The van der Waals surface area contributed by atoms with Gasteiger partial charge in [-0.15, -0.1) is 0 Å². The van der Waals surface area contributed by atoms with Crippen LogP contribution in [0.15, 0.2) is 18.2 Å². The number of aryl methyl sites for hydroxylation is 1. The highest BCUT2D eigenvalue weighted by atomic mass is 35.5. The molecule has 1 aromatic heterocycles. The monoisotopic (exact) mass is 397 g/mol. The number of carbonyl (C=O) groups excluding carboxylic acids is 1. The average molecular weight is 398 g/mol. The number of hydrogen-bond acceptors (Lipinski definition) is 4. The third-order valence-electron chi connectivity index (χ3n) is 4.36. The molecule has 0 radical (unpaired) electrons. The van der Waals surface area contributed by atoms with Gasteiger partial charge in [-0.05, 0) is 44.9 Å². The van der Waals surface area contributed by atoms with E-state index in [1.54, 1.807) is 22.9 Å². The van der Waals surface area contributed by atoms with E-state index in [1.165, 1.54) is 0 Å². The van der Waals surface area contributed by atoms with Crippen molar-refractivity contribution in [3.8, 4) is 5.69 Å². The molecule has 1 atom stereocenters. The molecule has 2 heterocycles. The van der Waals surface area contributed by atoms with Crippen molar-refractivity contribution in [2.45, 2.75) is 45.8 Å². The molecule has 26 heavy (non-hydrogen) atoms. The number of rotatable bonds is 5. The van der Waals surface area contributed by atoms with Crippen LogP contribution in [-0.4, -0.2) is 28.6 Å². The summed E-state index contributed by atoms with van der Waals surface area (Å²) in [6, 6.07) is 5.22. The summed E-state index contributed by atoms with van der Waals surface area (Å²) in [7, 11) is 0. The van der Waals surface area contributed by atoms with E-state index in [1.807, 2.05) is 13.8 Å². The van der Waals surface area contributed by atoms with E-state index >= 15 is 0 Å². The van der Waals surface area contributed by atoms with Crippen molar-refractivity contribution in [2.24, 2.45) is 0 Å². The number of carbonyl (C=O) groups is 1.